The van der Waals surface area contributed by atoms with Crippen LogP contribution >= 0.6 is 0 Å². The summed E-state index contributed by atoms with van der Waals surface area (Å²) in [6.45, 7) is 6.63. The van der Waals surface area contributed by atoms with E-state index in [1.165, 1.54) is 5.56 Å². The zero-order valence-corrected chi connectivity index (χ0v) is 16.2. The summed E-state index contributed by atoms with van der Waals surface area (Å²) in [7, 11) is 5.49. The van der Waals surface area contributed by atoms with Crippen LogP contribution in [0, 0.1) is 13.8 Å². The van der Waals surface area contributed by atoms with Crippen molar-refractivity contribution in [2.45, 2.75) is 33.2 Å². The average Bonchev–Trinajstić information content (AvgIpc) is 2.83. The lowest BCUT2D eigenvalue weighted by Crippen LogP contribution is -2.26. The van der Waals surface area contributed by atoms with Gasteiger partial charge in [0.25, 0.3) is 5.91 Å². The van der Waals surface area contributed by atoms with Gasteiger partial charge in [0.2, 0.25) is 0 Å². The van der Waals surface area contributed by atoms with Gasteiger partial charge in [-0.05, 0) is 31.9 Å². The van der Waals surface area contributed by atoms with Gasteiger partial charge in [-0.1, -0.05) is 5.16 Å². The van der Waals surface area contributed by atoms with Crippen molar-refractivity contribution >= 4 is 11.7 Å². The molecule has 7 nitrogen and oxygen atoms in total. The topological polar surface area (TPSA) is 74.5 Å². The number of pyridine rings is 1. The van der Waals surface area contributed by atoms with Gasteiger partial charge < -0.3 is 14.7 Å². The Morgan fingerprint density at radius 1 is 1.31 bits per heavy atom. The van der Waals surface area contributed by atoms with E-state index >= 15 is 0 Å². The van der Waals surface area contributed by atoms with Crippen molar-refractivity contribution in [2.24, 2.45) is 0 Å². The SMILES string of the molecule is CNC(=O)c1cc2c(nc1N(C)C)CCN(Cc1c(C)noc1C)CC2. The normalized spacial score (nSPS) is 14.7. The molecule has 0 unspecified atom stereocenters. The monoisotopic (exact) mass is 357 g/mol. The Morgan fingerprint density at radius 3 is 2.65 bits per heavy atom. The minimum absolute atomic E-state index is 0.0965. The number of nitrogens with zero attached hydrogens (tertiary/aromatic N) is 4. The van der Waals surface area contributed by atoms with Gasteiger partial charge in [0.05, 0.1) is 11.3 Å². The Balaban J connectivity index is 1.84. The van der Waals surface area contributed by atoms with E-state index in [1.807, 2.05) is 38.9 Å². The molecule has 0 saturated heterocycles. The van der Waals surface area contributed by atoms with Crippen LogP contribution in [-0.4, -0.2) is 55.2 Å². The summed E-state index contributed by atoms with van der Waals surface area (Å²) in [5.41, 5.74) is 5.01. The van der Waals surface area contributed by atoms with E-state index in [9.17, 15) is 4.79 Å². The van der Waals surface area contributed by atoms with Crippen LogP contribution in [0.4, 0.5) is 5.82 Å². The van der Waals surface area contributed by atoms with E-state index < -0.39 is 0 Å². The molecule has 3 rings (SSSR count). The predicted molar refractivity (Wildman–Crippen MR) is 101 cm³/mol. The minimum atomic E-state index is -0.0965. The molecule has 0 saturated carbocycles. The first-order chi connectivity index (χ1) is 12.4. The van der Waals surface area contributed by atoms with Gasteiger partial charge in [-0.15, -0.1) is 0 Å². The maximum atomic E-state index is 12.3. The molecule has 140 valence electrons. The van der Waals surface area contributed by atoms with E-state index in [0.29, 0.717) is 5.56 Å². The molecule has 1 aliphatic rings. The highest BCUT2D eigenvalue weighted by Crippen LogP contribution is 2.24. The van der Waals surface area contributed by atoms with Crippen LogP contribution in [-0.2, 0) is 19.4 Å². The second-order valence-electron chi connectivity index (χ2n) is 7.02. The summed E-state index contributed by atoms with van der Waals surface area (Å²) in [6, 6.07) is 2.01. The second-order valence-corrected chi connectivity index (χ2v) is 7.02. The van der Waals surface area contributed by atoms with E-state index in [2.05, 4.69) is 15.4 Å². The fourth-order valence-corrected chi connectivity index (χ4v) is 3.42. The third-order valence-corrected chi connectivity index (χ3v) is 4.99. The van der Waals surface area contributed by atoms with E-state index in [-0.39, 0.29) is 5.91 Å². The molecule has 1 N–H and O–H groups in total. The van der Waals surface area contributed by atoms with Crippen LogP contribution in [0.25, 0.3) is 0 Å². The van der Waals surface area contributed by atoms with E-state index in [1.54, 1.807) is 7.05 Å². The first-order valence-electron chi connectivity index (χ1n) is 8.97. The summed E-state index contributed by atoms with van der Waals surface area (Å²) < 4.78 is 5.29. The van der Waals surface area contributed by atoms with Gasteiger partial charge in [0.15, 0.2) is 0 Å². The number of anilines is 1. The minimum Gasteiger partial charge on any atom is -0.362 e. The molecule has 0 bridgehead atoms. The van der Waals surface area contributed by atoms with E-state index in [0.717, 1.165) is 61.0 Å². The van der Waals surface area contributed by atoms with Crippen LogP contribution in [0.15, 0.2) is 10.6 Å². The highest BCUT2D eigenvalue weighted by Gasteiger charge is 2.22. The summed E-state index contributed by atoms with van der Waals surface area (Å²) >= 11 is 0. The van der Waals surface area contributed by atoms with Crippen molar-refractivity contribution in [3.63, 3.8) is 0 Å². The van der Waals surface area contributed by atoms with Gasteiger partial charge in [0.1, 0.15) is 11.6 Å². The zero-order valence-electron chi connectivity index (χ0n) is 16.2. The molecular formula is C19H27N5O2. The van der Waals surface area contributed by atoms with Crippen molar-refractivity contribution in [3.8, 4) is 0 Å². The number of amides is 1. The quantitative estimate of drug-likeness (QED) is 0.898. The van der Waals surface area contributed by atoms with Crippen LogP contribution < -0.4 is 10.2 Å². The first-order valence-corrected chi connectivity index (χ1v) is 8.97. The largest absolute Gasteiger partial charge is 0.362 e. The number of carbonyl (C=O) groups excluding carboxylic acids is 1. The molecule has 1 aliphatic heterocycles. The number of rotatable bonds is 4. The molecule has 0 fully saturated rings. The number of hydrogen-bond acceptors (Lipinski definition) is 6. The molecule has 0 aromatic carbocycles. The maximum absolute atomic E-state index is 12.3. The Bertz CT molecular complexity index is 793. The Labute approximate surface area is 154 Å². The molecule has 0 aliphatic carbocycles. The third kappa shape index (κ3) is 3.58. The standard InChI is InChI=1S/C19H27N5O2/c1-12-16(13(2)26-22-12)11-24-8-6-14-10-15(19(25)20-3)18(23(4)5)21-17(14)7-9-24/h10H,6-9,11H2,1-5H3,(H,20,25). The van der Waals surface area contributed by atoms with Crippen LogP contribution in [0.1, 0.15) is 38.6 Å². The van der Waals surface area contributed by atoms with Crippen molar-refractivity contribution in [1.82, 2.24) is 20.4 Å². The van der Waals surface area contributed by atoms with Crippen LogP contribution in [0.5, 0.6) is 0 Å². The second kappa shape index (κ2) is 7.45. The highest BCUT2D eigenvalue weighted by molar-refractivity contribution is 5.99. The van der Waals surface area contributed by atoms with Gasteiger partial charge in [-0.2, -0.15) is 0 Å². The number of aromatic nitrogens is 2. The molecule has 1 amide bonds. The van der Waals surface area contributed by atoms with Gasteiger partial charge >= 0.3 is 0 Å². The van der Waals surface area contributed by atoms with Crippen molar-refractivity contribution in [2.75, 3.05) is 39.1 Å². The first kappa shape index (κ1) is 18.4. The predicted octanol–water partition coefficient (Wildman–Crippen LogP) is 1.71. The van der Waals surface area contributed by atoms with Crippen LogP contribution in [0.2, 0.25) is 0 Å². The molecule has 0 atom stereocenters. The molecule has 0 radical (unpaired) electrons. The number of carbonyl (C=O) groups is 1. The molecule has 7 heteroatoms. The Morgan fingerprint density at radius 2 is 2.04 bits per heavy atom. The smallest absolute Gasteiger partial charge is 0.254 e. The van der Waals surface area contributed by atoms with Gasteiger partial charge in [-0.25, -0.2) is 4.98 Å². The van der Waals surface area contributed by atoms with E-state index in [4.69, 9.17) is 9.51 Å². The fraction of sp³-hybridized carbons (Fsp3) is 0.526. The third-order valence-electron chi connectivity index (χ3n) is 4.99. The number of hydrogen-bond donors (Lipinski definition) is 1. The molecule has 2 aromatic rings. The van der Waals surface area contributed by atoms with Crippen LogP contribution in [0.3, 0.4) is 0 Å². The number of aryl methyl sites for hydroxylation is 2. The average molecular weight is 357 g/mol. The van der Waals surface area contributed by atoms with Crippen molar-refractivity contribution < 1.29 is 9.32 Å². The van der Waals surface area contributed by atoms with Crippen molar-refractivity contribution in [1.29, 1.82) is 0 Å². The number of fused-ring (bicyclic) bond motifs is 1. The van der Waals surface area contributed by atoms with Gasteiger partial charge in [0, 0.05) is 58.5 Å². The summed E-state index contributed by atoms with van der Waals surface area (Å²) in [6.07, 6.45) is 1.75. The molecular weight excluding hydrogens is 330 g/mol. The molecule has 0 spiro atoms. The Hall–Kier alpha value is -2.41. The molecule has 26 heavy (non-hydrogen) atoms. The lowest BCUT2D eigenvalue weighted by Gasteiger charge is -2.19. The lowest BCUT2D eigenvalue weighted by molar-refractivity contribution is 0.0963. The lowest BCUT2D eigenvalue weighted by atomic mass is 10.0. The molecule has 2 aromatic heterocycles. The molecule has 3 heterocycles. The Kier molecular flexibility index (Phi) is 5.27. The fourth-order valence-electron chi connectivity index (χ4n) is 3.42. The van der Waals surface area contributed by atoms with Gasteiger partial charge in [-0.3, -0.25) is 9.69 Å². The highest BCUT2D eigenvalue weighted by atomic mass is 16.5. The zero-order chi connectivity index (χ0) is 18.8. The number of nitrogens with one attached hydrogen (secondary N) is 1. The van der Waals surface area contributed by atoms with Crippen molar-refractivity contribution in [3.05, 3.63) is 39.9 Å². The maximum Gasteiger partial charge on any atom is 0.254 e. The summed E-state index contributed by atoms with van der Waals surface area (Å²) in [5.74, 6) is 1.52. The summed E-state index contributed by atoms with van der Waals surface area (Å²) in [4.78, 5) is 21.4. The summed E-state index contributed by atoms with van der Waals surface area (Å²) in [5, 5.41) is 6.77.